The summed E-state index contributed by atoms with van der Waals surface area (Å²) in [6.07, 6.45) is 2.59. The Kier molecular flexibility index (Phi) is 3.22. The number of aromatic nitrogens is 2. The zero-order valence-electron chi connectivity index (χ0n) is 9.23. The molecule has 0 atom stereocenters. The van der Waals surface area contributed by atoms with Crippen molar-refractivity contribution >= 4 is 0 Å². The minimum Gasteiger partial charge on any atom is -0.497 e. The number of nitrogens with one attached hydrogen (secondary N) is 1. The summed E-state index contributed by atoms with van der Waals surface area (Å²) in [4.78, 5) is 7.50. The second-order valence-corrected chi connectivity index (χ2v) is 3.51. The van der Waals surface area contributed by atoms with Gasteiger partial charge in [0.1, 0.15) is 11.6 Å². The standard InChI is InChI=1S/C12H15N3O/c1-16-10-4-2-3-9(7-10)11-8-14-12(15-11)5-6-13/h2-4,7-8H,5-6,13H2,1H3,(H,14,15). The monoisotopic (exact) mass is 217 g/mol. The summed E-state index contributed by atoms with van der Waals surface area (Å²) >= 11 is 0. The third kappa shape index (κ3) is 2.23. The number of H-pyrrole nitrogens is 1. The van der Waals surface area contributed by atoms with Crippen molar-refractivity contribution in [2.75, 3.05) is 13.7 Å². The molecule has 0 bridgehead atoms. The average Bonchev–Trinajstić information content (AvgIpc) is 2.78. The van der Waals surface area contributed by atoms with Gasteiger partial charge in [-0.25, -0.2) is 4.98 Å². The van der Waals surface area contributed by atoms with Crippen LogP contribution in [0.2, 0.25) is 0 Å². The first-order chi connectivity index (χ1) is 7.83. The van der Waals surface area contributed by atoms with Crippen molar-refractivity contribution < 1.29 is 4.74 Å². The molecule has 2 rings (SSSR count). The van der Waals surface area contributed by atoms with E-state index < -0.39 is 0 Å². The lowest BCUT2D eigenvalue weighted by atomic mass is 10.1. The number of nitrogens with zero attached hydrogens (tertiary/aromatic N) is 1. The lowest BCUT2D eigenvalue weighted by Crippen LogP contribution is -2.03. The van der Waals surface area contributed by atoms with Gasteiger partial charge in [-0.15, -0.1) is 0 Å². The van der Waals surface area contributed by atoms with Crippen molar-refractivity contribution in [2.45, 2.75) is 6.42 Å². The molecule has 4 nitrogen and oxygen atoms in total. The summed E-state index contributed by atoms with van der Waals surface area (Å²) in [5, 5.41) is 0. The van der Waals surface area contributed by atoms with Crippen LogP contribution in [0.5, 0.6) is 5.75 Å². The predicted molar refractivity (Wildman–Crippen MR) is 63.3 cm³/mol. The first-order valence-electron chi connectivity index (χ1n) is 5.22. The van der Waals surface area contributed by atoms with Crippen LogP contribution >= 0.6 is 0 Å². The Bertz CT molecular complexity index is 465. The van der Waals surface area contributed by atoms with Crippen molar-refractivity contribution in [3.05, 3.63) is 36.3 Å². The van der Waals surface area contributed by atoms with E-state index in [-0.39, 0.29) is 0 Å². The van der Waals surface area contributed by atoms with Crippen LogP contribution in [0, 0.1) is 0 Å². The van der Waals surface area contributed by atoms with Crippen molar-refractivity contribution in [1.82, 2.24) is 9.97 Å². The Morgan fingerprint density at radius 3 is 3.06 bits per heavy atom. The van der Waals surface area contributed by atoms with E-state index in [0.717, 1.165) is 29.3 Å². The maximum absolute atomic E-state index is 5.47. The van der Waals surface area contributed by atoms with Gasteiger partial charge in [0, 0.05) is 12.0 Å². The molecule has 2 aromatic rings. The molecule has 16 heavy (non-hydrogen) atoms. The van der Waals surface area contributed by atoms with Crippen LogP contribution in [0.15, 0.2) is 30.5 Å². The first-order valence-corrected chi connectivity index (χ1v) is 5.22. The van der Waals surface area contributed by atoms with Gasteiger partial charge in [0.05, 0.1) is 19.0 Å². The van der Waals surface area contributed by atoms with Crippen LogP contribution in [0.25, 0.3) is 11.3 Å². The van der Waals surface area contributed by atoms with E-state index >= 15 is 0 Å². The molecule has 3 N–H and O–H groups in total. The van der Waals surface area contributed by atoms with Crippen molar-refractivity contribution in [2.24, 2.45) is 5.73 Å². The Morgan fingerprint density at radius 1 is 1.44 bits per heavy atom. The molecule has 0 fully saturated rings. The summed E-state index contributed by atoms with van der Waals surface area (Å²) in [6.45, 7) is 0.602. The van der Waals surface area contributed by atoms with E-state index in [1.165, 1.54) is 0 Å². The fourth-order valence-corrected chi connectivity index (χ4v) is 1.56. The maximum Gasteiger partial charge on any atom is 0.119 e. The van der Waals surface area contributed by atoms with E-state index in [9.17, 15) is 0 Å². The summed E-state index contributed by atoms with van der Waals surface area (Å²) in [6, 6.07) is 7.86. The Balaban J connectivity index is 2.27. The highest BCUT2D eigenvalue weighted by atomic mass is 16.5. The molecule has 1 aromatic heterocycles. The van der Waals surface area contributed by atoms with Crippen LogP contribution in [0.1, 0.15) is 5.82 Å². The fraction of sp³-hybridized carbons (Fsp3) is 0.250. The highest BCUT2D eigenvalue weighted by Gasteiger charge is 2.03. The number of ether oxygens (including phenoxy) is 1. The largest absolute Gasteiger partial charge is 0.497 e. The van der Waals surface area contributed by atoms with Gasteiger partial charge in [-0.2, -0.15) is 0 Å². The topological polar surface area (TPSA) is 63.9 Å². The van der Waals surface area contributed by atoms with Gasteiger partial charge >= 0.3 is 0 Å². The summed E-state index contributed by atoms with van der Waals surface area (Å²) in [7, 11) is 1.66. The summed E-state index contributed by atoms with van der Waals surface area (Å²) in [5.41, 5.74) is 7.53. The van der Waals surface area contributed by atoms with Gasteiger partial charge in [0.15, 0.2) is 0 Å². The van der Waals surface area contributed by atoms with Gasteiger partial charge in [0.2, 0.25) is 0 Å². The lowest BCUT2D eigenvalue weighted by molar-refractivity contribution is 0.415. The normalized spacial score (nSPS) is 10.4. The Labute approximate surface area is 94.5 Å². The number of imidazole rings is 1. The molecule has 1 heterocycles. The molecular formula is C12H15N3O. The van der Waals surface area contributed by atoms with Gasteiger partial charge in [-0.1, -0.05) is 12.1 Å². The number of benzene rings is 1. The van der Waals surface area contributed by atoms with Crippen LogP contribution in [-0.4, -0.2) is 23.6 Å². The maximum atomic E-state index is 5.47. The minimum absolute atomic E-state index is 0.602. The number of hydrogen-bond donors (Lipinski definition) is 2. The average molecular weight is 217 g/mol. The molecule has 0 saturated carbocycles. The molecule has 0 spiro atoms. The molecule has 0 aliphatic rings. The van der Waals surface area contributed by atoms with Gasteiger partial charge in [-0.05, 0) is 18.7 Å². The highest BCUT2D eigenvalue weighted by molar-refractivity contribution is 5.60. The first kappa shape index (κ1) is 10.7. The Morgan fingerprint density at radius 2 is 2.31 bits per heavy atom. The lowest BCUT2D eigenvalue weighted by Gasteiger charge is -2.01. The molecule has 84 valence electrons. The SMILES string of the molecule is COc1cccc(-c2cnc(CCN)[nH]2)c1. The quantitative estimate of drug-likeness (QED) is 0.817. The molecule has 1 aromatic carbocycles. The second-order valence-electron chi connectivity index (χ2n) is 3.51. The molecule has 0 saturated heterocycles. The van der Waals surface area contributed by atoms with E-state index in [4.69, 9.17) is 10.5 Å². The van der Waals surface area contributed by atoms with Crippen LogP contribution in [-0.2, 0) is 6.42 Å². The van der Waals surface area contributed by atoms with Gasteiger partial charge in [-0.3, -0.25) is 0 Å². The highest BCUT2D eigenvalue weighted by Crippen LogP contribution is 2.21. The molecule has 0 amide bonds. The van der Waals surface area contributed by atoms with Gasteiger partial charge in [0.25, 0.3) is 0 Å². The van der Waals surface area contributed by atoms with E-state index in [1.54, 1.807) is 7.11 Å². The molecule has 0 unspecified atom stereocenters. The van der Waals surface area contributed by atoms with Crippen LogP contribution < -0.4 is 10.5 Å². The zero-order valence-corrected chi connectivity index (χ0v) is 9.23. The van der Waals surface area contributed by atoms with Crippen LogP contribution in [0.4, 0.5) is 0 Å². The third-order valence-electron chi connectivity index (χ3n) is 2.39. The van der Waals surface area contributed by atoms with E-state index in [1.807, 2.05) is 30.5 Å². The fourth-order valence-electron chi connectivity index (χ4n) is 1.56. The number of hydrogen-bond acceptors (Lipinski definition) is 3. The molecular weight excluding hydrogens is 202 g/mol. The van der Waals surface area contributed by atoms with E-state index in [0.29, 0.717) is 6.54 Å². The Hall–Kier alpha value is -1.81. The number of methoxy groups -OCH3 is 1. The van der Waals surface area contributed by atoms with Crippen molar-refractivity contribution in [1.29, 1.82) is 0 Å². The molecule has 4 heteroatoms. The van der Waals surface area contributed by atoms with Crippen molar-refractivity contribution in [3.8, 4) is 17.0 Å². The smallest absolute Gasteiger partial charge is 0.119 e. The predicted octanol–water partition coefficient (Wildman–Crippen LogP) is 1.59. The molecule has 0 radical (unpaired) electrons. The van der Waals surface area contributed by atoms with E-state index in [2.05, 4.69) is 9.97 Å². The summed E-state index contributed by atoms with van der Waals surface area (Å²) < 4.78 is 5.18. The minimum atomic E-state index is 0.602. The van der Waals surface area contributed by atoms with Gasteiger partial charge < -0.3 is 15.5 Å². The summed E-state index contributed by atoms with van der Waals surface area (Å²) in [5.74, 6) is 1.76. The molecule has 0 aliphatic heterocycles. The molecule has 0 aliphatic carbocycles. The van der Waals surface area contributed by atoms with Crippen LogP contribution in [0.3, 0.4) is 0 Å². The number of aromatic amines is 1. The third-order valence-corrected chi connectivity index (χ3v) is 2.39. The van der Waals surface area contributed by atoms with Crippen molar-refractivity contribution in [3.63, 3.8) is 0 Å². The zero-order chi connectivity index (χ0) is 11.4. The second kappa shape index (κ2) is 4.81. The number of rotatable bonds is 4. The number of nitrogens with two attached hydrogens (primary N) is 1.